The van der Waals surface area contributed by atoms with Crippen molar-refractivity contribution in [2.75, 3.05) is 19.6 Å². The van der Waals surface area contributed by atoms with Crippen molar-refractivity contribution in [1.82, 2.24) is 0 Å². The van der Waals surface area contributed by atoms with E-state index in [1.165, 1.54) is 26.5 Å². The Kier molecular flexibility index (Phi) is 5.16. The summed E-state index contributed by atoms with van der Waals surface area (Å²) < 4.78 is 36.5. The molecule has 2 aromatic carbocycles. The monoisotopic (exact) mass is 326 g/mol. The van der Waals surface area contributed by atoms with Crippen LogP contribution in [0.1, 0.15) is 5.56 Å². The average molecular weight is 327 g/mol. The molecule has 4 nitrogen and oxygen atoms in total. The summed E-state index contributed by atoms with van der Waals surface area (Å²) in [5, 5.41) is 4.24. The lowest BCUT2D eigenvalue weighted by Crippen LogP contribution is -1.96. The zero-order valence-corrected chi connectivity index (χ0v) is 12.6. The number of nitrogens with zero attached hydrogens (tertiary/aromatic N) is 1. The Morgan fingerprint density at radius 3 is 2.55 bits per heavy atom. The number of hydrogen-bond acceptors (Lipinski definition) is 4. The SMILES string of the molecule is COc1cc(/C=N\Nc2ccc(F)cc2F)cc(Cl)c1OC. The summed E-state index contributed by atoms with van der Waals surface area (Å²) in [5.74, 6) is -0.524. The lowest BCUT2D eigenvalue weighted by molar-refractivity contribution is 0.355. The molecule has 0 aliphatic rings. The number of hydrogen-bond donors (Lipinski definition) is 1. The van der Waals surface area contributed by atoms with E-state index in [-0.39, 0.29) is 5.69 Å². The van der Waals surface area contributed by atoms with Gasteiger partial charge in [-0.1, -0.05) is 11.6 Å². The molecule has 0 bridgehead atoms. The van der Waals surface area contributed by atoms with E-state index in [1.807, 2.05) is 0 Å². The van der Waals surface area contributed by atoms with Gasteiger partial charge < -0.3 is 9.47 Å². The molecule has 0 aromatic heterocycles. The number of rotatable bonds is 5. The Morgan fingerprint density at radius 2 is 1.91 bits per heavy atom. The standard InChI is InChI=1S/C15H13ClF2N2O2/c1-21-14-6-9(5-11(16)15(14)22-2)8-19-20-13-4-3-10(17)7-12(13)18/h3-8,20H,1-2H3/b19-8-. The summed E-state index contributed by atoms with van der Waals surface area (Å²) >= 11 is 6.06. The smallest absolute Gasteiger partial charge is 0.179 e. The third-order valence-electron chi connectivity index (χ3n) is 2.79. The molecule has 0 unspecified atom stereocenters. The zero-order valence-electron chi connectivity index (χ0n) is 11.9. The summed E-state index contributed by atoms with van der Waals surface area (Å²) in [4.78, 5) is 0. The predicted molar refractivity (Wildman–Crippen MR) is 82.1 cm³/mol. The van der Waals surface area contributed by atoms with Crippen molar-refractivity contribution in [1.29, 1.82) is 0 Å². The lowest BCUT2D eigenvalue weighted by atomic mass is 10.2. The van der Waals surface area contributed by atoms with Crippen LogP contribution in [0.15, 0.2) is 35.4 Å². The topological polar surface area (TPSA) is 42.8 Å². The van der Waals surface area contributed by atoms with Crippen LogP contribution in [-0.2, 0) is 0 Å². The number of nitrogens with one attached hydrogen (secondary N) is 1. The number of hydrazone groups is 1. The predicted octanol–water partition coefficient (Wildman–Crippen LogP) is 4.08. The molecule has 7 heteroatoms. The molecule has 0 atom stereocenters. The van der Waals surface area contributed by atoms with E-state index < -0.39 is 11.6 Å². The molecule has 0 amide bonds. The van der Waals surface area contributed by atoms with Gasteiger partial charge in [0.15, 0.2) is 17.3 Å². The normalized spacial score (nSPS) is 10.8. The highest BCUT2D eigenvalue weighted by molar-refractivity contribution is 6.32. The van der Waals surface area contributed by atoms with Crippen molar-refractivity contribution in [3.63, 3.8) is 0 Å². The second kappa shape index (κ2) is 7.09. The Hall–Kier alpha value is -2.34. The Morgan fingerprint density at radius 1 is 1.14 bits per heavy atom. The zero-order chi connectivity index (χ0) is 16.1. The van der Waals surface area contributed by atoms with Crippen molar-refractivity contribution >= 4 is 23.5 Å². The van der Waals surface area contributed by atoms with Gasteiger partial charge in [0.25, 0.3) is 0 Å². The van der Waals surface area contributed by atoms with Crippen LogP contribution in [0.25, 0.3) is 0 Å². The van der Waals surface area contributed by atoms with Crippen LogP contribution >= 0.6 is 11.6 Å². The molecule has 0 aliphatic heterocycles. The molecule has 2 rings (SSSR count). The fraction of sp³-hybridized carbons (Fsp3) is 0.133. The molecule has 116 valence electrons. The fourth-order valence-electron chi connectivity index (χ4n) is 1.77. The van der Waals surface area contributed by atoms with E-state index in [0.29, 0.717) is 22.1 Å². The molecule has 0 radical (unpaired) electrons. The number of halogens is 3. The Balaban J connectivity index is 2.18. The van der Waals surface area contributed by atoms with Crippen molar-refractivity contribution < 1.29 is 18.3 Å². The van der Waals surface area contributed by atoms with E-state index in [9.17, 15) is 8.78 Å². The van der Waals surface area contributed by atoms with Crippen LogP contribution in [0.2, 0.25) is 5.02 Å². The molecule has 0 heterocycles. The Labute approximate surface area is 131 Å². The minimum atomic E-state index is -0.734. The maximum atomic E-state index is 13.4. The molecule has 0 saturated heterocycles. The summed E-state index contributed by atoms with van der Waals surface area (Å²) in [5.41, 5.74) is 3.17. The highest BCUT2D eigenvalue weighted by Gasteiger charge is 2.10. The Bertz CT molecular complexity index is 708. The summed E-state index contributed by atoms with van der Waals surface area (Å²) in [6.07, 6.45) is 1.43. The molecule has 0 aliphatic carbocycles. The van der Waals surface area contributed by atoms with E-state index >= 15 is 0 Å². The highest BCUT2D eigenvalue weighted by Crippen LogP contribution is 2.35. The van der Waals surface area contributed by atoms with Crippen molar-refractivity contribution in [3.05, 3.63) is 52.6 Å². The van der Waals surface area contributed by atoms with Gasteiger partial charge in [-0.25, -0.2) is 8.78 Å². The average Bonchev–Trinajstić information content (AvgIpc) is 2.48. The fourth-order valence-corrected chi connectivity index (χ4v) is 2.07. The van der Waals surface area contributed by atoms with Gasteiger partial charge in [0, 0.05) is 6.07 Å². The van der Waals surface area contributed by atoms with E-state index in [2.05, 4.69) is 10.5 Å². The first kappa shape index (κ1) is 16.0. The summed E-state index contributed by atoms with van der Waals surface area (Å²) in [7, 11) is 2.97. The number of methoxy groups -OCH3 is 2. The van der Waals surface area contributed by atoms with E-state index in [4.69, 9.17) is 21.1 Å². The minimum absolute atomic E-state index is 0.0595. The van der Waals surface area contributed by atoms with Gasteiger partial charge in [-0.3, -0.25) is 5.43 Å². The maximum absolute atomic E-state index is 13.4. The minimum Gasteiger partial charge on any atom is -0.493 e. The molecule has 1 N–H and O–H groups in total. The third-order valence-corrected chi connectivity index (χ3v) is 3.07. The summed E-state index contributed by atoms with van der Waals surface area (Å²) in [6, 6.07) is 6.44. The third kappa shape index (κ3) is 3.65. The van der Waals surface area contributed by atoms with Crippen molar-refractivity contribution in [3.8, 4) is 11.5 Å². The lowest BCUT2D eigenvalue weighted by Gasteiger charge is -2.10. The van der Waals surface area contributed by atoms with Crippen LogP contribution in [0.5, 0.6) is 11.5 Å². The molecule has 0 saturated carbocycles. The highest BCUT2D eigenvalue weighted by atomic mass is 35.5. The molecular formula is C15H13ClF2N2O2. The van der Waals surface area contributed by atoms with E-state index in [1.54, 1.807) is 12.1 Å². The molecule has 0 fully saturated rings. The first-order valence-electron chi connectivity index (χ1n) is 6.20. The maximum Gasteiger partial charge on any atom is 0.179 e. The quantitative estimate of drug-likeness (QED) is 0.665. The summed E-state index contributed by atoms with van der Waals surface area (Å²) in [6.45, 7) is 0. The second-order valence-corrected chi connectivity index (χ2v) is 4.64. The van der Waals surface area contributed by atoms with Gasteiger partial charge in [-0.15, -0.1) is 0 Å². The van der Waals surface area contributed by atoms with E-state index in [0.717, 1.165) is 12.1 Å². The van der Waals surface area contributed by atoms with Gasteiger partial charge in [-0.2, -0.15) is 5.10 Å². The van der Waals surface area contributed by atoms with Crippen molar-refractivity contribution in [2.24, 2.45) is 5.10 Å². The van der Waals surface area contributed by atoms with Crippen molar-refractivity contribution in [2.45, 2.75) is 0 Å². The van der Waals surface area contributed by atoms with Crippen LogP contribution in [-0.4, -0.2) is 20.4 Å². The number of benzene rings is 2. The van der Waals surface area contributed by atoms with Crippen LogP contribution in [0.3, 0.4) is 0 Å². The first-order valence-corrected chi connectivity index (χ1v) is 6.58. The first-order chi connectivity index (χ1) is 10.5. The molecule has 2 aromatic rings. The largest absolute Gasteiger partial charge is 0.493 e. The van der Waals surface area contributed by atoms with Gasteiger partial charge in [0.2, 0.25) is 0 Å². The van der Waals surface area contributed by atoms with Gasteiger partial charge in [-0.05, 0) is 29.8 Å². The second-order valence-electron chi connectivity index (χ2n) is 4.23. The molecular weight excluding hydrogens is 314 g/mol. The number of anilines is 1. The van der Waals surface area contributed by atoms with Crippen LogP contribution in [0.4, 0.5) is 14.5 Å². The van der Waals surface area contributed by atoms with Crippen LogP contribution < -0.4 is 14.9 Å². The van der Waals surface area contributed by atoms with Gasteiger partial charge in [0.05, 0.1) is 31.1 Å². The van der Waals surface area contributed by atoms with Gasteiger partial charge >= 0.3 is 0 Å². The molecule has 22 heavy (non-hydrogen) atoms. The van der Waals surface area contributed by atoms with Gasteiger partial charge in [0.1, 0.15) is 5.82 Å². The van der Waals surface area contributed by atoms with Crippen LogP contribution in [0, 0.1) is 11.6 Å². The molecule has 0 spiro atoms. The number of ether oxygens (including phenoxy) is 2.